The number of carbonyl (C=O) groups is 1. The van der Waals surface area contributed by atoms with Crippen molar-refractivity contribution in [3.8, 4) is 11.3 Å². The average Bonchev–Trinajstić information content (AvgIpc) is 3.03. The molecule has 0 aliphatic carbocycles. The van der Waals surface area contributed by atoms with Crippen LogP contribution in [-0.4, -0.2) is 11.0 Å². The van der Waals surface area contributed by atoms with Gasteiger partial charge in [-0.2, -0.15) is 0 Å². The standard InChI is InChI=1S/C17H12INO3/c18-14-9-5-4-8-13(14)17(20)21-11-16-19-10-15(22-16)12-6-2-1-3-7-12/h1-10H,11H2. The van der Waals surface area contributed by atoms with Crippen molar-refractivity contribution < 1.29 is 13.9 Å². The van der Waals surface area contributed by atoms with E-state index in [0.29, 0.717) is 17.2 Å². The molecule has 0 N–H and O–H groups in total. The van der Waals surface area contributed by atoms with Gasteiger partial charge in [-0.1, -0.05) is 42.5 Å². The fourth-order valence-corrected chi connectivity index (χ4v) is 2.55. The Morgan fingerprint density at radius 1 is 1.09 bits per heavy atom. The lowest BCUT2D eigenvalue weighted by Gasteiger charge is -2.04. The van der Waals surface area contributed by atoms with Gasteiger partial charge in [0.2, 0.25) is 5.89 Å². The molecule has 5 heteroatoms. The Kier molecular flexibility index (Phi) is 4.53. The zero-order valence-electron chi connectivity index (χ0n) is 11.5. The van der Waals surface area contributed by atoms with Crippen molar-refractivity contribution >= 4 is 28.6 Å². The topological polar surface area (TPSA) is 52.3 Å². The number of esters is 1. The highest BCUT2D eigenvalue weighted by Crippen LogP contribution is 2.20. The van der Waals surface area contributed by atoms with Crippen molar-refractivity contribution in [2.24, 2.45) is 0 Å². The van der Waals surface area contributed by atoms with Gasteiger partial charge in [-0.15, -0.1) is 0 Å². The summed E-state index contributed by atoms with van der Waals surface area (Å²) in [6, 6.07) is 16.9. The highest BCUT2D eigenvalue weighted by atomic mass is 127. The number of hydrogen-bond acceptors (Lipinski definition) is 4. The molecule has 0 saturated heterocycles. The van der Waals surface area contributed by atoms with Crippen molar-refractivity contribution in [1.82, 2.24) is 4.98 Å². The second-order valence-corrected chi connectivity index (χ2v) is 5.70. The average molecular weight is 405 g/mol. The van der Waals surface area contributed by atoms with E-state index in [1.165, 1.54) is 0 Å². The van der Waals surface area contributed by atoms with Gasteiger partial charge in [-0.25, -0.2) is 9.78 Å². The van der Waals surface area contributed by atoms with E-state index in [-0.39, 0.29) is 12.6 Å². The molecule has 1 heterocycles. The quantitative estimate of drug-likeness (QED) is 0.480. The van der Waals surface area contributed by atoms with Gasteiger partial charge in [0.25, 0.3) is 0 Å². The minimum atomic E-state index is -0.385. The van der Waals surface area contributed by atoms with Crippen LogP contribution in [-0.2, 0) is 11.3 Å². The summed E-state index contributed by atoms with van der Waals surface area (Å²) in [6.45, 7) is 0.0106. The third kappa shape index (κ3) is 3.36. The van der Waals surface area contributed by atoms with E-state index >= 15 is 0 Å². The molecule has 0 saturated carbocycles. The van der Waals surface area contributed by atoms with Crippen LogP contribution in [0.1, 0.15) is 16.2 Å². The number of aromatic nitrogens is 1. The number of halogens is 1. The van der Waals surface area contributed by atoms with E-state index in [0.717, 1.165) is 9.13 Å². The largest absolute Gasteiger partial charge is 0.452 e. The van der Waals surface area contributed by atoms with Crippen LogP contribution in [0.15, 0.2) is 65.2 Å². The summed E-state index contributed by atoms with van der Waals surface area (Å²) >= 11 is 2.10. The summed E-state index contributed by atoms with van der Waals surface area (Å²) in [6.07, 6.45) is 1.63. The van der Waals surface area contributed by atoms with Gasteiger partial charge in [-0.3, -0.25) is 0 Å². The molecule has 0 bridgehead atoms. The molecule has 0 unspecified atom stereocenters. The van der Waals surface area contributed by atoms with Crippen LogP contribution >= 0.6 is 22.6 Å². The smallest absolute Gasteiger partial charge is 0.339 e. The maximum atomic E-state index is 12.0. The van der Waals surface area contributed by atoms with Crippen LogP contribution in [0.5, 0.6) is 0 Å². The molecule has 1 aromatic heterocycles. The minimum absolute atomic E-state index is 0.0106. The summed E-state index contributed by atoms with van der Waals surface area (Å²) in [5, 5.41) is 0. The predicted octanol–water partition coefficient (Wildman–Crippen LogP) is 4.30. The molecule has 4 nitrogen and oxygen atoms in total. The fraction of sp³-hybridized carbons (Fsp3) is 0.0588. The third-order valence-electron chi connectivity index (χ3n) is 3.03. The fourth-order valence-electron chi connectivity index (χ4n) is 1.94. The highest BCUT2D eigenvalue weighted by molar-refractivity contribution is 14.1. The van der Waals surface area contributed by atoms with Gasteiger partial charge >= 0.3 is 5.97 Å². The van der Waals surface area contributed by atoms with E-state index in [2.05, 4.69) is 27.6 Å². The molecule has 3 aromatic rings. The summed E-state index contributed by atoms with van der Waals surface area (Å²) in [7, 11) is 0. The lowest BCUT2D eigenvalue weighted by Crippen LogP contribution is -2.07. The molecule has 3 rings (SSSR count). The van der Waals surface area contributed by atoms with Gasteiger partial charge in [-0.05, 0) is 34.7 Å². The van der Waals surface area contributed by atoms with E-state index < -0.39 is 0 Å². The SMILES string of the molecule is O=C(OCc1ncc(-c2ccccc2)o1)c1ccccc1I. The number of nitrogens with zero attached hydrogens (tertiary/aromatic N) is 1. The van der Waals surface area contributed by atoms with Crippen LogP contribution in [0.4, 0.5) is 0 Å². The van der Waals surface area contributed by atoms with Crippen molar-refractivity contribution in [3.05, 3.63) is 75.8 Å². The van der Waals surface area contributed by atoms with Crippen LogP contribution in [0.2, 0.25) is 0 Å². The second-order valence-electron chi connectivity index (χ2n) is 4.54. The number of carbonyl (C=O) groups excluding carboxylic acids is 1. The van der Waals surface area contributed by atoms with Crippen LogP contribution < -0.4 is 0 Å². The van der Waals surface area contributed by atoms with E-state index in [9.17, 15) is 4.79 Å². The van der Waals surface area contributed by atoms with Gasteiger partial charge in [0.1, 0.15) is 0 Å². The first-order valence-corrected chi connectivity index (χ1v) is 7.73. The number of benzene rings is 2. The first-order valence-electron chi connectivity index (χ1n) is 6.66. The Morgan fingerprint density at radius 2 is 1.82 bits per heavy atom. The number of oxazole rings is 1. The molecule has 0 atom stereocenters. The van der Waals surface area contributed by atoms with Gasteiger partial charge in [0, 0.05) is 9.13 Å². The lowest BCUT2D eigenvalue weighted by molar-refractivity contribution is 0.0437. The van der Waals surface area contributed by atoms with E-state index in [1.807, 2.05) is 42.5 Å². The second kappa shape index (κ2) is 6.74. The Bertz CT molecular complexity index is 783. The molecular weight excluding hydrogens is 393 g/mol. The van der Waals surface area contributed by atoms with Crippen molar-refractivity contribution in [2.45, 2.75) is 6.61 Å². The van der Waals surface area contributed by atoms with Crippen LogP contribution in [0, 0.1) is 3.57 Å². The molecule has 0 amide bonds. The third-order valence-corrected chi connectivity index (χ3v) is 3.97. The molecule has 0 fully saturated rings. The van der Waals surface area contributed by atoms with Gasteiger partial charge in [0.05, 0.1) is 11.8 Å². The molecule has 0 spiro atoms. The zero-order valence-corrected chi connectivity index (χ0v) is 13.7. The van der Waals surface area contributed by atoms with Gasteiger partial charge in [0.15, 0.2) is 12.4 Å². The summed E-state index contributed by atoms with van der Waals surface area (Å²) in [4.78, 5) is 16.2. The Balaban J connectivity index is 1.67. The highest BCUT2D eigenvalue weighted by Gasteiger charge is 2.13. The zero-order chi connectivity index (χ0) is 15.4. The predicted molar refractivity (Wildman–Crippen MR) is 90.2 cm³/mol. The van der Waals surface area contributed by atoms with E-state index in [1.54, 1.807) is 18.3 Å². The number of rotatable bonds is 4. The number of hydrogen-bond donors (Lipinski definition) is 0. The van der Waals surface area contributed by atoms with Crippen LogP contribution in [0.3, 0.4) is 0 Å². The molecule has 0 aliphatic rings. The summed E-state index contributed by atoms with van der Waals surface area (Å²) in [5.74, 6) is 0.642. The monoisotopic (exact) mass is 405 g/mol. The maximum Gasteiger partial charge on any atom is 0.339 e. The minimum Gasteiger partial charge on any atom is -0.452 e. The normalized spacial score (nSPS) is 10.4. The van der Waals surface area contributed by atoms with E-state index in [4.69, 9.17) is 9.15 Å². The molecule has 22 heavy (non-hydrogen) atoms. The summed E-state index contributed by atoms with van der Waals surface area (Å²) in [5.41, 5.74) is 1.48. The van der Waals surface area contributed by atoms with Crippen molar-refractivity contribution in [3.63, 3.8) is 0 Å². The molecule has 0 aliphatic heterocycles. The molecule has 0 radical (unpaired) electrons. The maximum absolute atomic E-state index is 12.0. The molecule has 110 valence electrons. The molecular formula is C17H12INO3. The Labute approximate surface area is 141 Å². The Hall–Kier alpha value is -2.15. The number of ether oxygens (including phenoxy) is 1. The first kappa shape index (κ1) is 14.8. The van der Waals surface area contributed by atoms with Crippen molar-refractivity contribution in [2.75, 3.05) is 0 Å². The molecule has 2 aromatic carbocycles. The Morgan fingerprint density at radius 3 is 2.59 bits per heavy atom. The van der Waals surface area contributed by atoms with Crippen LogP contribution in [0.25, 0.3) is 11.3 Å². The first-order chi connectivity index (χ1) is 10.7. The van der Waals surface area contributed by atoms with Gasteiger partial charge < -0.3 is 9.15 Å². The van der Waals surface area contributed by atoms with Crippen molar-refractivity contribution in [1.29, 1.82) is 0 Å². The lowest BCUT2D eigenvalue weighted by atomic mass is 10.2. The summed E-state index contributed by atoms with van der Waals surface area (Å²) < 4.78 is 11.7.